The fraction of sp³-hybridized carbons (Fsp3) is 0.409. The Kier molecular flexibility index (Phi) is 4.92. The van der Waals surface area contributed by atoms with Crippen molar-refractivity contribution >= 4 is 39.1 Å². The molecule has 5 nitrogen and oxygen atoms in total. The van der Waals surface area contributed by atoms with E-state index in [4.69, 9.17) is 16.3 Å². The number of H-pyrrole nitrogens is 1. The van der Waals surface area contributed by atoms with Gasteiger partial charge in [-0.25, -0.2) is 4.98 Å². The summed E-state index contributed by atoms with van der Waals surface area (Å²) in [7, 11) is 0. The maximum atomic E-state index is 12.7. The van der Waals surface area contributed by atoms with Crippen LogP contribution in [-0.4, -0.2) is 15.9 Å². The van der Waals surface area contributed by atoms with Crippen molar-refractivity contribution in [2.45, 2.75) is 38.7 Å². The largest absolute Gasteiger partial charge is 0.458 e. The molecule has 2 fully saturated rings. The number of nitrogens with one attached hydrogen (secondary N) is 1. The number of aromatic amines is 1. The van der Waals surface area contributed by atoms with E-state index < -0.39 is 0 Å². The minimum absolute atomic E-state index is 0.00977. The molecule has 3 unspecified atom stereocenters. The molecule has 150 valence electrons. The molecule has 2 bridgehead atoms. The van der Waals surface area contributed by atoms with Crippen molar-refractivity contribution in [1.29, 1.82) is 0 Å². The molecular weight excluding hydrogens is 408 g/mol. The van der Waals surface area contributed by atoms with Crippen LogP contribution in [0.4, 0.5) is 0 Å². The van der Waals surface area contributed by atoms with Crippen LogP contribution in [-0.2, 0) is 16.1 Å². The number of hydrogen-bond donors (Lipinski definition) is 1. The summed E-state index contributed by atoms with van der Waals surface area (Å²) in [6, 6.07) is 7.42. The number of aromatic nitrogens is 2. The number of carbonyl (C=O) groups is 1. The molecule has 1 aromatic carbocycles. The van der Waals surface area contributed by atoms with Crippen molar-refractivity contribution in [2.24, 2.45) is 17.8 Å². The second-order valence-electron chi connectivity index (χ2n) is 8.12. The molecule has 2 heterocycles. The first-order chi connectivity index (χ1) is 14.1. The topological polar surface area (TPSA) is 72.0 Å². The Labute approximate surface area is 177 Å². The average Bonchev–Trinajstić information content (AvgIpc) is 3.42. The summed E-state index contributed by atoms with van der Waals surface area (Å²) < 4.78 is 5.42. The van der Waals surface area contributed by atoms with Gasteiger partial charge in [0.2, 0.25) is 0 Å². The first-order valence-electron chi connectivity index (χ1n) is 9.99. The van der Waals surface area contributed by atoms with Crippen LogP contribution in [0.15, 0.2) is 34.4 Å². The van der Waals surface area contributed by atoms with Crippen molar-refractivity contribution in [2.75, 3.05) is 0 Å². The van der Waals surface area contributed by atoms with Crippen molar-refractivity contribution in [3.63, 3.8) is 0 Å². The molecular formula is C22H21ClN2O3S. The standard InChI is InChI=1S/C22H21ClN2O3S/c23-17-4-2-1-3-15(17)16-11-29-22-20(16)21(27)24-18(25-22)10-28-19(26)9-14-8-12-5-6-13(14)7-12/h1-4,11-14H,5-10H2,(H,24,25,27). The predicted octanol–water partition coefficient (Wildman–Crippen LogP) is 5.17. The van der Waals surface area contributed by atoms with Crippen molar-refractivity contribution < 1.29 is 9.53 Å². The van der Waals surface area contributed by atoms with Gasteiger partial charge in [0.1, 0.15) is 17.3 Å². The Morgan fingerprint density at radius 1 is 1.24 bits per heavy atom. The van der Waals surface area contributed by atoms with Crippen LogP contribution in [0.1, 0.15) is 37.9 Å². The Morgan fingerprint density at radius 2 is 2.10 bits per heavy atom. The highest BCUT2D eigenvalue weighted by Gasteiger charge is 2.40. The molecule has 2 aliphatic carbocycles. The maximum absolute atomic E-state index is 12.7. The normalized spacial score (nSPS) is 23.0. The summed E-state index contributed by atoms with van der Waals surface area (Å²) in [6.07, 6.45) is 5.47. The minimum Gasteiger partial charge on any atom is -0.458 e. The Morgan fingerprint density at radius 3 is 2.86 bits per heavy atom. The first kappa shape index (κ1) is 18.8. The molecule has 0 saturated heterocycles. The fourth-order valence-electron chi connectivity index (χ4n) is 4.99. The molecule has 2 aliphatic rings. The lowest BCUT2D eigenvalue weighted by Crippen LogP contribution is -2.18. The van der Waals surface area contributed by atoms with E-state index in [1.165, 1.54) is 30.6 Å². The Hall–Kier alpha value is -2.18. The third-order valence-electron chi connectivity index (χ3n) is 6.34. The molecule has 1 N–H and O–H groups in total. The highest BCUT2D eigenvalue weighted by molar-refractivity contribution is 7.17. The molecule has 0 aliphatic heterocycles. The molecule has 2 saturated carbocycles. The highest BCUT2D eigenvalue weighted by atomic mass is 35.5. The van der Waals surface area contributed by atoms with Crippen LogP contribution in [0.3, 0.4) is 0 Å². The summed E-state index contributed by atoms with van der Waals surface area (Å²) in [5.41, 5.74) is 1.33. The van der Waals surface area contributed by atoms with E-state index in [1.54, 1.807) is 6.07 Å². The molecule has 7 heteroatoms. The van der Waals surface area contributed by atoms with Crippen LogP contribution >= 0.6 is 22.9 Å². The van der Waals surface area contributed by atoms with Gasteiger partial charge < -0.3 is 9.72 Å². The number of hydrogen-bond acceptors (Lipinski definition) is 5. The van der Waals surface area contributed by atoms with Crippen LogP contribution < -0.4 is 5.56 Å². The highest BCUT2D eigenvalue weighted by Crippen LogP contribution is 2.49. The number of halogens is 1. The van der Waals surface area contributed by atoms with E-state index >= 15 is 0 Å². The SMILES string of the molecule is O=C(CC1CC2CCC1C2)OCc1nc2scc(-c3ccccc3Cl)c2c(=O)[nH]1. The van der Waals surface area contributed by atoms with Crippen molar-refractivity contribution in [1.82, 2.24) is 9.97 Å². The van der Waals surface area contributed by atoms with Gasteiger partial charge in [-0.3, -0.25) is 9.59 Å². The predicted molar refractivity (Wildman–Crippen MR) is 114 cm³/mol. The number of carbonyl (C=O) groups excluding carboxylic acids is 1. The number of esters is 1. The molecule has 0 radical (unpaired) electrons. The van der Waals surface area contributed by atoms with Gasteiger partial charge in [0.05, 0.1) is 5.39 Å². The second-order valence-corrected chi connectivity index (χ2v) is 9.39. The second kappa shape index (κ2) is 7.58. The van der Waals surface area contributed by atoms with E-state index in [9.17, 15) is 9.59 Å². The zero-order chi connectivity index (χ0) is 20.0. The number of ether oxygens (including phenoxy) is 1. The van der Waals surface area contributed by atoms with Crippen LogP contribution in [0.5, 0.6) is 0 Å². The van der Waals surface area contributed by atoms with Crippen LogP contribution in [0.25, 0.3) is 21.3 Å². The van der Waals surface area contributed by atoms with Gasteiger partial charge in [-0.2, -0.15) is 0 Å². The Bertz CT molecular complexity index is 1140. The minimum atomic E-state index is -0.245. The zero-order valence-electron chi connectivity index (χ0n) is 15.8. The van der Waals surface area contributed by atoms with E-state index in [2.05, 4.69) is 9.97 Å². The van der Waals surface area contributed by atoms with Gasteiger partial charge in [-0.05, 0) is 43.1 Å². The third-order valence-corrected chi connectivity index (χ3v) is 7.54. The van der Waals surface area contributed by atoms with Crippen LogP contribution in [0, 0.1) is 17.8 Å². The van der Waals surface area contributed by atoms with Gasteiger partial charge >= 0.3 is 5.97 Å². The smallest absolute Gasteiger partial charge is 0.306 e. The number of benzene rings is 1. The summed E-state index contributed by atoms with van der Waals surface area (Å²) in [5, 5.41) is 2.99. The lowest BCUT2D eigenvalue weighted by molar-refractivity contribution is -0.146. The number of thiophene rings is 1. The zero-order valence-corrected chi connectivity index (χ0v) is 17.4. The Balaban J connectivity index is 1.31. The molecule has 2 aromatic heterocycles. The molecule has 29 heavy (non-hydrogen) atoms. The van der Waals surface area contributed by atoms with Gasteiger partial charge in [-0.15, -0.1) is 11.3 Å². The molecule has 3 aromatic rings. The lowest BCUT2D eigenvalue weighted by Gasteiger charge is -2.20. The molecule has 0 amide bonds. The van der Waals surface area contributed by atoms with E-state index in [0.29, 0.717) is 39.3 Å². The van der Waals surface area contributed by atoms with Gasteiger partial charge in [0, 0.05) is 28.0 Å². The van der Waals surface area contributed by atoms with E-state index in [-0.39, 0.29) is 18.1 Å². The van der Waals surface area contributed by atoms with Gasteiger partial charge in [-0.1, -0.05) is 36.2 Å². The summed E-state index contributed by atoms with van der Waals surface area (Å²) >= 11 is 7.68. The van der Waals surface area contributed by atoms with E-state index in [0.717, 1.165) is 23.5 Å². The number of fused-ring (bicyclic) bond motifs is 3. The maximum Gasteiger partial charge on any atom is 0.306 e. The summed E-state index contributed by atoms with van der Waals surface area (Å²) in [5.74, 6) is 2.14. The molecule has 3 atom stereocenters. The quantitative estimate of drug-likeness (QED) is 0.568. The first-order valence-corrected chi connectivity index (χ1v) is 11.2. The van der Waals surface area contributed by atoms with Crippen molar-refractivity contribution in [3.8, 4) is 11.1 Å². The third kappa shape index (κ3) is 3.60. The number of rotatable bonds is 5. The van der Waals surface area contributed by atoms with Crippen LogP contribution in [0.2, 0.25) is 5.02 Å². The monoisotopic (exact) mass is 428 g/mol. The lowest BCUT2D eigenvalue weighted by atomic mass is 9.86. The molecule has 0 spiro atoms. The van der Waals surface area contributed by atoms with Gasteiger partial charge in [0.15, 0.2) is 0 Å². The summed E-state index contributed by atoms with van der Waals surface area (Å²) in [4.78, 5) is 32.8. The van der Waals surface area contributed by atoms with Crippen molar-refractivity contribution in [3.05, 3.63) is 50.8 Å². The average molecular weight is 429 g/mol. The fourth-order valence-corrected chi connectivity index (χ4v) is 6.18. The summed E-state index contributed by atoms with van der Waals surface area (Å²) in [6.45, 7) is -0.00977. The number of nitrogens with zero attached hydrogens (tertiary/aromatic N) is 1. The molecule has 5 rings (SSSR count). The van der Waals surface area contributed by atoms with E-state index in [1.807, 2.05) is 23.6 Å². The van der Waals surface area contributed by atoms with Gasteiger partial charge in [0.25, 0.3) is 5.56 Å².